The lowest BCUT2D eigenvalue weighted by atomic mass is 10.1. The summed E-state index contributed by atoms with van der Waals surface area (Å²) < 4.78 is 0. The fourth-order valence-electron chi connectivity index (χ4n) is 3.76. The van der Waals surface area contributed by atoms with Crippen molar-refractivity contribution in [2.75, 3.05) is 19.6 Å². The Balaban J connectivity index is 1.34. The fourth-order valence-corrected chi connectivity index (χ4v) is 3.76. The highest BCUT2D eigenvalue weighted by molar-refractivity contribution is 5.75. The van der Waals surface area contributed by atoms with Crippen LogP contribution in [-0.4, -0.2) is 36.5 Å². The summed E-state index contributed by atoms with van der Waals surface area (Å²) in [7, 11) is 0. The van der Waals surface area contributed by atoms with Crippen LogP contribution in [0.5, 0.6) is 0 Å². The Morgan fingerprint density at radius 3 is 2.31 bits per heavy atom. The number of carbonyl (C=O) groups excluding carboxylic acids is 1. The number of nitrogens with zero attached hydrogens (tertiary/aromatic N) is 1. The molecule has 2 aromatic rings. The van der Waals surface area contributed by atoms with Gasteiger partial charge in [-0.25, -0.2) is 0 Å². The van der Waals surface area contributed by atoms with Crippen LogP contribution in [0.15, 0.2) is 60.7 Å². The number of likely N-dealkylation sites (tertiary alicyclic amines) is 1. The predicted molar refractivity (Wildman–Crippen MR) is 107 cm³/mol. The first-order valence-electron chi connectivity index (χ1n) is 9.90. The highest BCUT2D eigenvalue weighted by Gasteiger charge is 2.24. The summed E-state index contributed by atoms with van der Waals surface area (Å²) in [4.78, 5) is 14.7. The molecule has 1 fully saturated rings. The van der Waals surface area contributed by atoms with Crippen LogP contribution in [0.25, 0.3) is 0 Å². The molecule has 0 bridgehead atoms. The lowest BCUT2D eigenvalue weighted by molar-refractivity contribution is -0.121. The van der Waals surface area contributed by atoms with Crippen molar-refractivity contribution < 1.29 is 4.79 Å². The minimum atomic E-state index is 0.191. The lowest BCUT2D eigenvalue weighted by Gasteiger charge is -2.24. The molecule has 1 aliphatic rings. The molecular weight excluding hydrogens is 320 g/mol. The van der Waals surface area contributed by atoms with Gasteiger partial charge in [0, 0.05) is 25.6 Å². The molecule has 0 aliphatic carbocycles. The van der Waals surface area contributed by atoms with E-state index >= 15 is 0 Å². The van der Waals surface area contributed by atoms with Gasteiger partial charge in [-0.3, -0.25) is 9.69 Å². The predicted octanol–water partition coefficient (Wildman–Crippen LogP) is 3.83. The Labute approximate surface area is 157 Å². The monoisotopic (exact) mass is 350 g/mol. The first kappa shape index (κ1) is 18.7. The average molecular weight is 351 g/mol. The Morgan fingerprint density at radius 1 is 0.962 bits per heavy atom. The molecule has 2 aromatic carbocycles. The Hall–Kier alpha value is -2.13. The van der Waals surface area contributed by atoms with E-state index in [1.807, 2.05) is 6.07 Å². The maximum Gasteiger partial charge on any atom is 0.220 e. The normalized spacial score (nSPS) is 17.3. The van der Waals surface area contributed by atoms with Gasteiger partial charge in [-0.1, -0.05) is 60.7 Å². The van der Waals surface area contributed by atoms with Gasteiger partial charge >= 0.3 is 0 Å². The minimum absolute atomic E-state index is 0.191. The van der Waals surface area contributed by atoms with Gasteiger partial charge in [0.05, 0.1) is 0 Å². The highest BCUT2D eigenvalue weighted by atomic mass is 16.1. The number of aryl methyl sites for hydroxylation is 1. The molecule has 1 aliphatic heterocycles. The third-order valence-electron chi connectivity index (χ3n) is 5.28. The third-order valence-corrected chi connectivity index (χ3v) is 5.28. The zero-order chi connectivity index (χ0) is 18.0. The van der Waals surface area contributed by atoms with Crippen molar-refractivity contribution >= 4 is 5.91 Å². The summed E-state index contributed by atoms with van der Waals surface area (Å²) in [6.07, 6.45) is 6.02. The second kappa shape index (κ2) is 10.1. The molecule has 3 heteroatoms. The van der Waals surface area contributed by atoms with Gasteiger partial charge in [0.15, 0.2) is 0 Å². The van der Waals surface area contributed by atoms with Crippen molar-refractivity contribution in [1.82, 2.24) is 10.2 Å². The second-order valence-electron chi connectivity index (χ2n) is 7.21. The number of rotatable bonds is 9. The number of carbonyl (C=O) groups is 1. The molecule has 1 N–H and O–H groups in total. The van der Waals surface area contributed by atoms with E-state index in [1.54, 1.807) is 0 Å². The number of amides is 1. The van der Waals surface area contributed by atoms with E-state index in [0.717, 1.165) is 38.9 Å². The molecule has 138 valence electrons. The van der Waals surface area contributed by atoms with Crippen LogP contribution in [0, 0.1) is 0 Å². The van der Waals surface area contributed by atoms with Crippen molar-refractivity contribution in [2.45, 2.75) is 44.6 Å². The zero-order valence-electron chi connectivity index (χ0n) is 15.6. The molecule has 0 radical (unpaired) electrons. The molecule has 3 nitrogen and oxygen atoms in total. The first-order chi connectivity index (χ1) is 12.8. The summed E-state index contributed by atoms with van der Waals surface area (Å²) >= 11 is 0. The number of hydrogen-bond acceptors (Lipinski definition) is 2. The molecule has 0 unspecified atom stereocenters. The number of hydrogen-bond donors (Lipinski definition) is 1. The van der Waals surface area contributed by atoms with Gasteiger partial charge in [-0.15, -0.1) is 0 Å². The van der Waals surface area contributed by atoms with E-state index in [0.29, 0.717) is 12.5 Å². The molecule has 0 aromatic heterocycles. The second-order valence-corrected chi connectivity index (χ2v) is 7.21. The summed E-state index contributed by atoms with van der Waals surface area (Å²) in [5.41, 5.74) is 2.70. The van der Waals surface area contributed by atoms with Gasteiger partial charge in [0.2, 0.25) is 5.91 Å². The number of benzene rings is 2. The van der Waals surface area contributed by atoms with Gasteiger partial charge in [0.1, 0.15) is 0 Å². The molecule has 1 saturated heterocycles. The number of nitrogens with one attached hydrogen (secondary N) is 1. The van der Waals surface area contributed by atoms with E-state index in [4.69, 9.17) is 0 Å². The van der Waals surface area contributed by atoms with E-state index in [9.17, 15) is 4.79 Å². The first-order valence-corrected chi connectivity index (χ1v) is 9.90. The minimum Gasteiger partial charge on any atom is -0.355 e. The molecule has 1 atom stereocenters. The average Bonchev–Trinajstić information content (AvgIpc) is 3.14. The maximum atomic E-state index is 12.1. The third kappa shape index (κ3) is 5.99. The molecular formula is C23H30N2O. The van der Waals surface area contributed by atoms with Crippen LogP contribution >= 0.6 is 0 Å². The maximum absolute atomic E-state index is 12.1. The van der Waals surface area contributed by atoms with E-state index in [2.05, 4.69) is 64.8 Å². The Bertz CT molecular complexity index is 656. The lowest BCUT2D eigenvalue weighted by Crippen LogP contribution is -2.41. The van der Waals surface area contributed by atoms with Crippen molar-refractivity contribution in [3.63, 3.8) is 0 Å². The SMILES string of the molecule is O=C(CCCc1ccccc1)NC[C@H]1CCCN1CCc1ccccc1. The Kier molecular flexibility index (Phi) is 7.26. The fraction of sp³-hybridized carbons (Fsp3) is 0.435. The van der Waals surface area contributed by atoms with E-state index in [1.165, 1.54) is 24.0 Å². The van der Waals surface area contributed by atoms with Gasteiger partial charge < -0.3 is 5.32 Å². The molecule has 0 spiro atoms. The van der Waals surface area contributed by atoms with Crippen molar-refractivity contribution in [2.24, 2.45) is 0 Å². The van der Waals surface area contributed by atoms with Crippen molar-refractivity contribution in [3.05, 3.63) is 71.8 Å². The summed E-state index contributed by atoms with van der Waals surface area (Å²) in [6, 6.07) is 21.5. The quantitative estimate of drug-likeness (QED) is 0.745. The van der Waals surface area contributed by atoms with Gasteiger partial charge in [0.25, 0.3) is 0 Å². The summed E-state index contributed by atoms with van der Waals surface area (Å²) in [5.74, 6) is 0.191. The van der Waals surface area contributed by atoms with E-state index < -0.39 is 0 Å². The molecule has 3 rings (SSSR count). The summed E-state index contributed by atoms with van der Waals surface area (Å²) in [5, 5.41) is 3.16. The van der Waals surface area contributed by atoms with Crippen LogP contribution in [0.4, 0.5) is 0 Å². The standard InChI is InChI=1S/C23H30N2O/c26-23(15-7-13-20-9-3-1-4-10-20)24-19-22-14-8-17-25(22)18-16-21-11-5-2-6-12-21/h1-6,9-12,22H,7-8,13-19H2,(H,24,26)/t22-/m1/s1. The molecule has 1 amide bonds. The van der Waals surface area contributed by atoms with Gasteiger partial charge in [-0.2, -0.15) is 0 Å². The molecule has 1 heterocycles. The van der Waals surface area contributed by atoms with Crippen molar-refractivity contribution in [1.29, 1.82) is 0 Å². The molecule has 26 heavy (non-hydrogen) atoms. The molecule has 0 saturated carbocycles. The smallest absolute Gasteiger partial charge is 0.220 e. The van der Waals surface area contributed by atoms with Gasteiger partial charge in [-0.05, 0) is 49.8 Å². The Morgan fingerprint density at radius 2 is 1.62 bits per heavy atom. The van der Waals surface area contributed by atoms with Crippen molar-refractivity contribution in [3.8, 4) is 0 Å². The highest BCUT2D eigenvalue weighted by Crippen LogP contribution is 2.17. The topological polar surface area (TPSA) is 32.3 Å². The van der Waals surface area contributed by atoms with Crippen LogP contribution in [0.3, 0.4) is 0 Å². The zero-order valence-corrected chi connectivity index (χ0v) is 15.6. The largest absolute Gasteiger partial charge is 0.355 e. The van der Waals surface area contributed by atoms with E-state index in [-0.39, 0.29) is 5.91 Å². The van der Waals surface area contributed by atoms with Crippen LogP contribution in [-0.2, 0) is 17.6 Å². The van der Waals surface area contributed by atoms with Crippen LogP contribution in [0.1, 0.15) is 36.8 Å². The van der Waals surface area contributed by atoms with Crippen LogP contribution in [0.2, 0.25) is 0 Å². The van der Waals surface area contributed by atoms with Crippen LogP contribution < -0.4 is 5.32 Å². The summed E-state index contributed by atoms with van der Waals surface area (Å²) in [6.45, 7) is 3.03.